The maximum Gasteiger partial charge on any atom is 0.212 e. The third kappa shape index (κ3) is 1.60. The van der Waals surface area contributed by atoms with Gasteiger partial charge in [0.05, 0.1) is 6.04 Å². The van der Waals surface area contributed by atoms with Crippen molar-refractivity contribution in [2.75, 3.05) is 0 Å². The number of tetrazole rings is 1. The first kappa shape index (κ1) is 8.40. The van der Waals surface area contributed by atoms with Crippen molar-refractivity contribution >= 4 is 22.6 Å². The Kier molecular flexibility index (Phi) is 2.57. The van der Waals surface area contributed by atoms with Gasteiger partial charge in [0.2, 0.25) is 3.83 Å². The van der Waals surface area contributed by atoms with Crippen LogP contribution in [-0.4, -0.2) is 20.2 Å². The SMILES string of the molecule is Ic1nnnn1C1CCCCC1. The van der Waals surface area contributed by atoms with Crippen LogP contribution >= 0.6 is 22.6 Å². The van der Waals surface area contributed by atoms with Gasteiger partial charge in [-0.05, 0) is 23.3 Å². The standard InChI is InChI=1S/C7H11IN4/c8-7-9-10-11-12(7)6-4-2-1-3-5-6/h6H,1-5H2. The number of hydrogen-bond acceptors (Lipinski definition) is 3. The number of halogens is 1. The van der Waals surface area contributed by atoms with Gasteiger partial charge in [-0.3, -0.25) is 0 Å². The summed E-state index contributed by atoms with van der Waals surface area (Å²) in [6, 6.07) is 0.556. The zero-order chi connectivity index (χ0) is 8.39. The maximum atomic E-state index is 3.99. The van der Waals surface area contributed by atoms with Crippen LogP contribution in [0.15, 0.2) is 0 Å². The van der Waals surface area contributed by atoms with Crippen molar-refractivity contribution in [2.24, 2.45) is 0 Å². The number of nitrogens with zero attached hydrogens (tertiary/aromatic N) is 4. The average molecular weight is 278 g/mol. The molecule has 0 aromatic carbocycles. The fraction of sp³-hybridized carbons (Fsp3) is 0.857. The molecule has 5 heteroatoms. The fourth-order valence-corrected chi connectivity index (χ4v) is 2.32. The molecule has 0 radical (unpaired) electrons. The van der Waals surface area contributed by atoms with Crippen LogP contribution in [0.25, 0.3) is 0 Å². The van der Waals surface area contributed by atoms with Gasteiger partial charge in [-0.1, -0.05) is 19.3 Å². The predicted molar refractivity (Wildman–Crippen MR) is 52.7 cm³/mol. The van der Waals surface area contributed by atoms with Crippen LogP contribution in [0.5, 0.6) is 0 Å². The lowest BCUT2D eigenvalue weighted by Gasteiger charge is -2.21. The van der Waals surface area contributed by atoms with Crippen LogP contribution in [-0.2, 0) is 0 Å². The Balaban J connectivity index is 2.13. The molecule has 0 amide bonds. The monoisotopic (exact) mass is 278 g/mol. The molecule has 1 aliphatic rings. The Bertz CT molecular complexity index is 254. The van der Waals surface area contributed by atoms with Crippen molar-refractivity contribution in [1.29, 1.82) is 0 Å². The molecule has 1 aromatic heterocycles. The lowest BCUT2D eigenvalue weighted by Crippen LogP contribution is -2.15. The third-order valence-electron chi connectivity index (χ3n) is 2.37. The van der Waals surface area contributed by atoms with Crippen molar-refractivity contribution in [3.05, 3.63) is 3.83 Å². The molecule has 0 aliphatic heterocycles. The zero-order valence-corrected chi connectivity index (χ0v) is 8.94. The van der Waals surface area contributed by atoms with Gasteiger partial charge in [0, 0.05) is 22.6 Å². The molecular weight excluding hydrogens is 267 g/mol. The number of hydrogen-bond donors (Lipinski definition) is 0. The first-order valence-corrected chi connectivity index (χ1v) is 5.39. The number of aromatic nitrogens is 4. The first-order valence-electron chi connectivity index (χ1n) is 4.31. The van der Waals surface area contributed by atoms with Crippen LogP contribution < -0.4 is 0 Å². The summed E-state index contributed by atoms with van der Waals surface area (Å²) in [6.07, 6.45) is 6.48. The van der Waals surface area contributed by atoms with E-state index in [1.165, 1.54) is 32.1 Å². The van der Waals surface area contributed by atoms with E-state index in [-0.39, 0.29) is 0 Å². The summed E-state index contributed by atoms with van der Waals surface area (Å²) < 4.78 is 2.87. The molecule has 12 heavy (non-hydrogen) atoms. The highest BCUT2D eigenvalue weighted by Crippen LogP contribution is 2.27. The lowest BCUT2D eigenvalue weighted by molar-refractivity contribution is 0.319. The Morgan fingerprint density at radius 1 is 1.25 bits per heavy atom. The van der Waals surface area contributed by atoms with Crippen LogP contribution in [0.2, 0.25) is 0 Å². The molecule has 0 N–H and O–H groups in total. The summed E-state index contributed by atoms with van der Waals surface area (Å²) in [4.78, 5) is 0. The molecule has 1 aromatic rings. The molecule has 66 valence electrons. The Morgan fingerprint density at radius 2 is 2.00 bits per heavy atom. The second-order valence-electron chi connectivity index (χ2n) is 3.18. The van der Waals surface area contributed by atoms with Gasteiger partial charge in [-0.15, -0.1) is 5.10 Å². The Morgan fingerprint density at radius 3 is 2.58 bits per heavy atom. The van der Waals surface area contributed by atoms with Crippen molar-refractivity contribution in [3.63, 3.8) is 0 Å². The molecule has 0 spiro atoms. The van der Waals surface area contributed by atoms with E-state index >= 15 is 0 Å². The summed E-state index contributed by atoms with van der Waals surface area (Å²) in [5, 5.41) is 11.5. The molecule has 4 nitrogen and oxygen atoms in total. The Hall–Kier alpha value is -0.200. The highest BCUT2D eigenvalue weighted by molar-refractivity contribution is 14.1. The average Bonchev–Trinajstić information content (AvgIpc) is 2.53. The molecule has 0 unspecified atom stereocenters. The van der Waals surface area contributed by atoms with Crippen molar-refractivity contribution < 1.29 is 0 Å². The van der Waals surface area contributed by atoms with Gasteiger partial charge in [0.25, 0.3) is 0 Å². The largest absolute Gasteiger partial charge is 0.218 e. The van der Waals surface area contributed by atoms with Crippen LogP contribution in [0.3, 0.4) is 0 Å². The number of rotatable bonds is 1. The molecule has 1 aliphatic carbocycles. The van der Waals surface area contributed by atoms with Crippen molar-refractivity contribution in [2.45, 2.75) is 38.1 Å². The van der Waals surface area contributed by atoms with Crippen molar-refractivity contribution in [3.8, 4) is 0 Å². The Labute approximate surface area is 84.9 Å². The molecule has 0 bridgehead atoms. The smallest absolute Gasteiger partial charge is 0.212 e. The first-order chi connectivity index (χ1) is 5.88. The van der Waals surface area contributed by atoms with Gasteiger partial charge in [-0.25, -0.2) is 4.68 Å². The summed E-state index contributed by atoms with van der Waals surface area (Å²) in [6.45, 7) is 0. The van der Waals surface area contributed by atoms with Crippen LogP contribution in [0, 0.1) is 3.83 Å². The van der Waals surface area contributed by atoms with Crippen LogP contribution in [0.1, 0.15) is 38.1 Å². The molecule has 2 rings (SSSR count). The van der Waals surface area contributed by atoms with E-state index in [9.17, 15) is 0 Å². The highest BCUT2D eigenvalue weighted by atomic mass is 127. The van der Waals surface area contributed by atoms with E-state index in [2.05, 4.69) is 38.1 Å². The fourth-order valence-electron chi connectivity index (χ4n) is 1.73. The summed E-state index contributed by atoms with van der Waals surface area (Å²) in [5.74, 6) is 0. The van der Waals surface area contributed by atoms with E-state index in [1.807, 2.05) is 4.68 Å². The summed E-state index contributed by atoms with van der Waals surface area (Å²) >= 11 is 2.18. The highest BCUT2D eigenvalue weighted by Gasteiger charge is 2.18. The summed E-state index contributed by atoms with van der Waals surface area (Å²) in [7, 11) is 0. The van der Waals surface area contributed by atoms with E-state index in [4.69, 9.17) is 0 Å². The van der Waals surface area contributed by atoms with E-state index in [0.717, 1.165) is 3.83 Å². The van der Waals surface area contributed by atoms with Gasteiger partial charge >= 0.3 is 0 Å². The van der Waals surface area contributed by atoms with Crippen molar-refractivity contribution in [1.82, 2.24) is 20.2 Å². The molecule has 1 heterocycles. The minimum Gasteiger partial charge on any atom is -0.218 e. The van der Waals surface area contributed by atoms with Gasteiger partial charge < -0.3 is 0 Å². The van der Waals surface area contributed by atoms with Crippen LogP contribution in [0.4, 0.5) is 0 Å². The normalized spacial score (nSPS) is 19.8. The quantitative estimate of drug-likeness (QED) is 0.735. The maximum absolute atomic E-state index is 3.99. The predicted octanol–water partition coefficient (Wildman–Crippen LogP) is 1.78. The lowest BCUT2D eigenvalue weighted by atomic mass is 9.96. The molecule has 1 saturated carbocycles. The summed E-state index contributed by atoms with van der Waals surface area (Å²) in [5.41, 5.74) is 0. The van der Waals surface area contributed by atoms with E-state index < -0.39 is 0 Å². The van der Waals surface area contributed by atoms with E-state index in [0.29, 0.717) is 6.04 Å². The molecule has 0 atom stereocenters. The van der Waals surface area contributed by atoms with Gasteiger partial charge in [-0.2, -0.15) is 0 Å². The molecule has 0 saturated heterocycles. The minimum absolute atomic E-state index is 0.556. The minimum atomic E-state index is 0.556. The third-order valence-corrected chi connectivity index (χ3v) is 3.08. The van der Waals surface area contributed by atoms with Gasteiger partial charge in [0.1, 0.15) is 0 Å². The zero-order valence-electron chi connectivity index (χ0n) is 6.78. The molecular formula is C7H11IN4. The van der Waals surface area contributed by atoms with E-state index in [1.54, 1.807) is 0 Å². The second-order valence-corrected chi connectivity index (χ2v) is 4.15. The second kappa shape index (κ2) is 3.68. The van der Waals surface area contributed by atoms with Gasteiger partial charge in [0.15, 0.2) is 0 Å². The molecule has 1 fully saturated rings. The topological polar surface area (TPSA) is 43.6 Å².